The highest BCUT2D eigenvalue weighted by molar-refractivity contribution is 5.94. The van der Waals surface area contributed by atoms with E-state index in [0.29, 0.717) is 25.1 Å². The van der Waals surface area contributed by atoms with Crippen LogP contribution >= 0.6 is 0 Å². The maximum absolute atomic E-state index is 12.1. The van der Waals surface area contributed by atoms with Gasteiger partial charge in [0.1, 0.15) is 0 Å². The Labute approximate surface area is 108 Å². The van der Waals surface area contributed by atoms with Gasteiger partial charge in [-0.1, -0.05) is 0 Å². The lowest BCUT2D eigenvalue weighted by molar-refractivity contribution is 0.0768. The second-order valence-corrected chi connectivity index (χ2v) is 3.90. The Morgan fingerprint density at radius 3 is 2.50 bits per heavy atom. The number of carbonyl (C=O) groups excluding carboxylic acids is 1. The highest BCUT2D eigenvalue weighted by atomic mass is 16.2. The third-order valence-electron chi connectivity index (χ3n) is 2.68. The van der Waals surface area contributed by atoms with Crippen molar-refractivity contribution in [2.75, 3.05) is 25.0 Å². The number of benzene rings is 1. The Morgan fingerprint density at radius 2 is 2.00 bits per heavy atom. The van der Waals surface area contributed by atoms with E-state index < -0.39 is 0 Å². The van der Waals surface area contributed by atoms with Crippen molar-refractivity contribution in [3.8, 4) is 6.07 Å². The largest absolute Gasteiger partial charge is 0.385 e. The van der Waals surface area contributed by atoms with E-state index in [-0.39, 0.29) is 5.91 Å². The van der Waals surface area contributed by atoms with Gasteiger partial charge in [-0.05, 0) is 38.1 Å². The monoisotopic (exact) mass is 245 g/mol. The van der Waals surface area contributed by atoms with E-state index in [1.165, 1.54) is 0 Å². The quantitative estimate of drug-likeness (QED) is 0.837. The average molecular weight is 245 g/mol. The summed E-state index contributed by atoms with van der Waals surface area (Å²) in [6, 6.07) is 9.49. The summed E-state index contributed by atoms with van der Waals surface area (Å²) in [5.74, 6) is -0.0178. The van der Waals surface area contributed by atoms with Crippen molar-refractivity contribution in [3.63, 3.8) is 0 Å². The molecule has 0 aliphatic rings. The predicted octanol–water partition coefficient (Wildman–Crippen LogP) is 2.49. The summed E-state index contributed by atoms with van der Waals surface area (Å²) in [5.41, 5.74) is 1.67. The maximum Gasteiger partial charge on any atom is 0.253 e. The second kappa shape index (κ2) is 7.33. The molecule has 1 aromatic rings. The normalized spacial score (nSPS) is 9.61. The molecule has 0 fully saturated rings. The molecular formula is C14H19N3O. The Bertz CT molecular complexity index is 420. The van der Waals surface area contributed by atoms with Crippen molar-refractivity contribution < 1.29 is 4.79 Å². The van der Waals surface area contributed by atoms with E-state index >= 15 is 0 Å². The Hall–Kier alpha value is -2.02. The number of amides is 1. The van der Waals surface area contributed by atoms with Crippen LogP contribution in [0.15, 0.2) is 24.3 Å². The van der Waals surface area contributed by atoms with E-state index in [4.69, 9.17) is 5.26 Å². The Balaban J connectivity index is 2.73. The molecule has 0 saturated carbocycles. The molecule has 4 nitrogen and oxygen atoms in total. The summed E-state index contributed by atoms with van der Waals surface area (Å²) < 4.78 is 0. The standard InChI is InChI=1S/C14H19N3O/c1-3-16-13-8-6-12(7-9-13)14(18)17(4-2)11-5-10-15/h6-9,16H,3-5,11H2,1-2H3. The lowest BCUT2D eigenvalue weighted by Crippen LogP contribution is -2.31. The first-order valence-electron chi connectivity index (χ1n) is 6.23. The van der Waals surface area contributed by atoms with Crippen LogP contribution in [0.5, 0.6) is 0 Å². The molecule has 0 radical (unpaired) electrons. The summed E-state index contributed by atoms with van der Waals surface area (Å²) in [7, 11) is 0. The molecule has 0 spiro atoms. The van der Waals surface area contributed by atoms with Gasteiger partial charge in [0.2, 0.25) is 0 Å². The number of anilines is 1. The summed E-state index contributed by atoms with van der Waals surface area (Å²) in [6.45, 7) is 5.91. The molecule has 1 N–H and O–H groups in total. The van der Waals surface area contributed by atoms with Gasteiger partial charge in [0.15, 0.2) is 0 Å². The predicted molar refractivity (Wildman–Crippen MR) is 72.4 cm³/mol. The number of nitrogens with one attached hydrogen (secondary N) is 1. The minimum Gasteiger partial charge on any atom is -0.385 e. The number of nitriles is 1. The van der Waals surface area contributed by atoms with Crippen LogP contribution in [0.1, 0.15) is 30.6 Å². The molecule has 1 amide bonds. The molecule has 4 heteroatoms. The zero-order valence-corrected chi connectivity index (χ0v) is 10.9. The van der Waals surface area contributed by atoms with Crippen LogP contribution in [0.2, 0.25) is 0 Å². The van der Waals surface area contributed by atoms with Crippen LogP contribution in [-0.2, 0) is 0 Å². The fourth-order valence-electron chi connectivity index (χ4n) is 1.71. The van der Waals surface area contributed by atoms with Crippen LogP contribution in [0, 0.1) is 11.3 Å². The highest BCUT2D eigenvalue weighted by Crippen LogP contribution is 2.11. The average Bonchev–Trinajstić information content (AvgIpc) is 2.40. The molecule has 0 aliphatic carbocycles. The lowest BCUT2D eigenvalue weighted by atomic mass is 10.1. The zero-order valence-electron chi connectivity index (χ0n) is 10.9. The van der Waals surface area contributed by atoms with Crippen molar-refractivity contribution in [3.05, 3.63) is 29.8 Å². The first-order chi connectivity index (χ1) is 8.72. The molecule has 0 unspecified atom stereocenters. The van der Waals surface area contributed by atoms with Gasteiger partial charge in [-0.25, -0.2) is 0 Å². The smallest absolute Gasteiger partial charge is 0.253 e. The summed E-state index contributed by atoms with van der Waals surface area (Å²) in [4.78, 5) is 13.8. The molecule has 18 heavy (non-hydrogen) atoms. The first-order valence-corrected chi connectivity index (χ1v) is 6.23. The number of nitrogens with zero attached hydrogens (tertiary/aromatic N) is 2. The topological polar surface area (TPSA) is 56.1 Å². The zero-order chi connectivity index (χ0) is 13.4. The number of rotatable bonds is 6. The van der Waals surface area contributed by atoms with Gasteiger partial charge >= 0.3 is 0 Å². The Kier molecular flexibility index (Phi) is 5.72. The van der Waals surface area contributed by atoms with E-state index in [9.17, 15) is 4.79 Å². The van der Waals surface area contributed by atoms with Crippen LogP contribution in [0.4, 0.5) is 5.69 Å². The molecule has 96 valence electrons. The SMILES string of the molecule is CCNc1ccc(C(=O)N(CC)CCC#N)cc1. The summed E-state index contributed by atoms with van der Waals surface area (Å²) in [6.07, 6.45) is 0.370. The van der Waals surface area contributed by atoms with E-state index in [2.05, 4.69) is 11.4 Å². The molecule has 0 bridgehead atoms. The van der Waals surface area contributed by atoms with Crippen molar-refractivity contribution in [2.45, 2.75) is 20.3 Å². The van der Waals surface area contributed by atoms with Gasteiger partial charge in [-0.2, -0.15) is 5.26 Å². The van der Waals surface area contributed by atoms with E-state index in [1.54, 1.807) is 4.90 Å². The maximum atomic E-state index is 12.1. The molecule has 0 aliphatic heterocycles. The molecular weight excluding hydrogens is 226 g/mol. The van der Waals surface area contributed by atoms with E-state index in [1.807, 2.05) is 38.1 Å². The molecule has 0 aromatic heterocycles. The van der Waals surface area contributed by atoms with Gasteiger partial charge in [-0.15, -0.1) is 0 Å². The lowest BCUT2D eigenvalue weighted by Gasteiger charge is -2.19. The molecule has 0 heterocycles. The van der Waals surface area contributed by atoms with Gasteiger partial charge < -0.3 is 10.2 Å². The van der Waals surface area contributed by atoms with Crippen LogP contribution in [0.25, 0.3) is 0 Å². The second-order valence-electron chi connectivity index (χ2n) is 3.90. The number of hydrogen-bond acceptors (Lipinski definition) is 3. The third kappa shape index (κ3) is 3.77. The van der Waals surface area contributed by atoms with Gasteiger partial charge in [0.05, 0.1) is 12.5 Å². The highest BCUT2D eigenvalue weighted by Gasteiger charge is 2.13. The van der Waals surface area contributed by atoms with E-state index in [0.717, 1.165) is 12.2 Å². The molecule has 0 saturated heterocycles. The van der Waals surface area contributed by atoms with Crippen molar-refractivity contribution in [1.82, 2.24) is 4.90 Å². The van der Waals surface area contributed by atoms with Crippen molar-refractivity contribution >= 4 is 11.6 Å². The van der Waals surface area contributed by atoms with Crippen molar-refractivity contribution in [2.24, 2.45) is 0 Å². The minimum atomic E-state index is -0.0178. The molecule has 1 rings (SSSR count). The van der Waals surface area contributed by atoms with Crippen LogP contribution in [-0.4, -0.2) is 30.4 Å². The fraction of sp³-hybridized carbons (Fsp3) is 0.429. The van der Waals surface area contributed by atoms with Gasteiger partial charge in [0, 0.05) is 30.9 Å². The third-order valence-corrected chi connectivity index (χ3v) is 2.68. The van der Waals surface area contributed by atoms with Gasteiger partial charge in [0.25, 0.3) is 5.91 Å². The molecule has 1 aromatic carbocycles. The van der Waals surface area contributed by atoms with Crippen molar-refractivity contribution in [1.29, 1.82) is 5.26 Å². The number of carbonyl (C=O) groups is 1. The summed E-state index contributed by atoms with van der Waals surface area (Å²) >= 11 is 0. The van der Waals surface area contributed by atoms with Gasteiger partial charge in [-0.3, -0.25) is 4.79 Å². The minimum absolute atomic E-state index is 0.0178. The van der Waals surface area contributed by atoms with Crippen LogP contribution < -0.4 is 5.32 Å². The molecule has 0 atom stereocenters. The first kappa shape index (κ1) is 14.0. The van der Waals surface area contributed by atoms with Crippen LogP contribution in [0.3, 0.4) is 0 Å². The Morgan fingerprint density at radius 1 is 1.33 bits per heavy atom. The summed E-state index contributed by atoms with van der Waals surface area (Å²) in [5, 5.41) is 11.7. The number of hydrogen-bond donors (Lipinski definition) is 1. The fourth-order valence-corrected chi connectivity index (χ4v) is 1.71.